The van der Waals surface area contributed by atoms with Gasteiger partial charge in [0.1, 0.15) is 11.2 Å². The molecule has 1 heterocycles. The van der Waals surface area contributed by atoms with Crippen molar-refractivity contribution in [3.8, 4) is 11.1 Å². The Morgan fingerprint density at radius 3 is 1.96 bits per heavy atom. The van der Waals surface area contributed by atoms with E-state index in [-0.39, 0.29) is 11.8 Å². The molecule has 2 heteroatoms. The SMILES string of the molecule is C1=CC(CN(Cc2ccccc2-c2cccc3c2oc2c4ccccc4ccc32)c2cccc3ccccc23)C(c2ccccc2)C=C1c1ccccc1. The van der Waals surface area contributed by atoms with Gasteiger partial charge in [0.05, 0.1) is 0 Å². The number of fused-ring (bicyclic) bond motifs is 6. The van der Waals surface area contributed by atoms with Crippen molar-refractivity contribution >= 4 is 54.7 Å². The molecular formula is C52H39NO. The van der Waals surface area contributed by atoms with E-state index in [0.717, 1.165) is 46.0 Å². The minimum Gasteiger partial charge on any atom is -0.455 e. The fraction of sp³-hybridized carbons (Fsp3) is 0.0769. The Hall–Kier alpha value is -6.64. The number of furan rings is 1. The van der Waals surface area contributed by atoms with Gasteiger partial charge in [-0.1, -0.05) is 188 Å². The van der Waals surface area contributed by atoms with Crippen LogP contribution in [-0.2, 0) is 6.54 Å². The summed E-state index contributed by atoms with van der Waals surface area (Å²) in [5, 5.41) is 7.14. The zero-order valence-corrected chi connectivity index (χ0v) is 30.0. The molecule has 0 amide bonds. The van der Waals surface area contributed by atoms with Crippen LogP contribution in [0.2, 0.25) is 0 Å². The molecule has 2 unspecified atom stereocenters. The van der Waals surface area contributed by atoms with E-state index in [1.165, 1.54) is 49.7 Å². The van der Waals surface area contributed by atoms with Crippen LogP contribution in [0.15, 0.2) is 205 Å². The Labute approximate surface area is 315 Å². The quantitative estimate of drug-likeness (QED) is 0.158. The second-order valence-electron chi connectivity index (χ2n) is 14.4. The average Bonchev–Trinajstić information content (AvgIpc) is 3.64. The highest BCUT2D eigenvalue weighted by Gasteiger charge is 2.27. The Kier molecular flexibility index (Phi) is 8.15. The Balaban J connectivity index is 1.09. The van der Waals surface area contributed by atoms with E-state index >= 15 is 0 Å². The summed E-state index contributed by atoms with van der Waals surface area (Å²) in [4.78, 5) is 2.61. The third-order valence-corrected chi connectivity index (χ3v) is 11.2. The molecule has 0 fully saturated rings. The van der Waals surface area contributed by atoms with Crippen molar-refractivity contribution in [3.63, 3.8) is 0 Å². The van der Waals surface area contributed by atoms with Gasteiger partial charge in [0.25, 0.3) is 0 Å². The van der Waals surface area contributed by atoms with Crippen LogP contribution < -0.4 is 4.90 Å². The topological polar surface area (TPSA) is 16.4 Å². The van der Waals surface area contributed by atoms with Gasteiger partial charge >= 0.3 is 0 Å². The van der Waals surface area contributed by atoms with E-state index in [9.17, 15) is 0 Å². The number of benzene rings is 8. The molecule has 1 aliphatic carbocycles. The molecule has 0 aliphatic heterocycles. The minimum atomic E-state index is 0.221. The summed E-state index contributed by atoms with van der Waals surface area (Å²) in [6.07, 6.45) is 7.26. The van der Waals surface area contributed by atoms with Gasteiger partial charge in [0.15, 0.2) is 0 Å². The molecule has 0 saturated heterocycles. The maximum atomic E-state index is 6.86. The van der Waals surface area contributed by atoms with E-state index in [1.54, 1.807) is 0 Å². The van der Waals surface area contributed by atoms with Gasteiger partial charge in [-0.05, 0) is 50.7 Å². The first kappa shape index (κ1) is 32.0. The fourth-order valence-corrected chi connectivity index (χ4v) is 8.59. The van der Waals surface area contributed by atoms with Crippen molar-refractivity contribution in [3.05, 3.63) is 217 Å². The molecule has 1 aromatic heterocycles. The van der Waals surface area contributed by atoms with Crippen LogP contribution in [0.3, 0.4) is 0 Å². The third kappa shape index (κ3) is 5.77. The van der Waals surface area contributed by atoms with E-state index in [2.05, 4.69) is 205 Å². The van der Waals surface area contributed by atoms with Crippen LogP contribution in [-0.4, -0.2) is 6.54 Å². The summed E-state index contributed by atoms with van der Waals surface area (Å²) in [5.74, 6) is 0.469. The monoisotopic (exact) mass is 693 g/mol. The van der Waals surface area contributed by atoms with Crippen molar-refractivity contribution in [1.82, 2.24) is 0 Å². The van der Waals surface area contributed by atoms with Crippen LogP contribution in [0, 0.1) is 5.92 Å². The molecule has 2 nitrogen and oxygen atoms in total. The average molecular weight is 694 g/mol. The molecule has 8 aromatic carbocycles. The van der Waals surface area contributed by atoms with E-state index < -0.39 is 0 Å². The summed E-state index contributed by atoms with van der Waals surface area (Å²) in [6.45, 7) is 1.59. The van der Waals surface area contributed by atoms with Crippen LogP contribution in [0.4, 0.5) is 5.69 Å². The number of hydrogen-bond donors (Lipinski definition) is 0. The molecule has 258 valence electrons. The molecule has 10 rings (SSSR count). The highest BCUT2D eigenvalue weighted by molar-refractivity contribution is 6.17. The molecule has 0 radical (unpaired) electrons. The van der Waals surface area contributed by atoms with Gasteiger partial charge in [0, 0.05) is 57.7 Å². The van der Waals surface area contributed by atoms with E-state index in [0.29, 0.717) is 0 Å². The highest BCUT2D eigenvalue weighted by atomic mass is 16.3. The highest BCUT2D eigenvalue weighted by Crippen LogP contribution is 2.42. The van der Waals surface area contributed by atoms with Gasteiger partial charge < -0.3 is 9.32 Å². The van der Waals surface area contributed by atoms with Crippen molar-refractivity contribution < 1.29 is 4.42 Å². The Morgan fingerprint density at radius 1 is 0.481 bits per heavy atom. The first-order valence-electron chi connectivity index (χ1n) is 18.9. The molecule has 2 atom stereocenters. The number of allylic oxidation sites excluding steroid dienone is 3. The van der Waals surface area contributed by atoms with Crippen molar-refractivity contribution in [2.45, 2.75) is 12.5 Å². The van der Waals surface area contributed by atoms with E-state index in [1.807, 2.05) is 0 Å². The van der Waals surface area contributed by atoms with Crippen LogP contribution in [0.1, 0.15) is 22.6 Å². The summed E-state index contributed by atoms with van der Waals surface area (Å²) in [7, 11) is 0. The second kappa shape index (κ2) is 13.7. The smallest absolute Gasteiger partial charge is 0.143 e. The normalized spacial score (nSPS) is 15.6. The van der Waals surface area contributed by atoms with Gasteiger partial charge in [0.2, 0.25) is 0 Å². The summed E-state index contributed by atoms with van der Waals surface area (Å²) < 4.78 is 6.86. The van der Waals surface area contributed by atoms with Crippen LogP contribution in [0.5, 0.6) is 0 Å². The Morgan fingerprint density at radius 2 is 1.11 bits per heavy atom. The zero-order chi connectivity index (χ0) is 35.8. The predicted molar refractivity (Wildman–Crippen MR) is 228 cm³/mol. The van der Waals surface area contributed by atoms with Gasteiger partial charge in [-0.2, -0.15) is 0 Å². The molecule has 9 aromatic rings. The molecule has 0 spiro atoms. The number of anilines is 1. The van der Waals surface area contributed by atoms with Crippen molar-refractivity contribution in [1.29, 1.82) is 0 Å². The second-order valence-corrected chi connectivity index (χ2v) is 14.4. The molecule has 0 saturated carbocycles. The van der Waals surface area contributed by atoms with Crippen molar-refractivity contribution in [2.24, 2.45) is 5.92 Å². The molecule has 1 aliphatic rings. The van der Waals surface area contributed by atoms with E-state index in [4.69, 9.17) is 4.42 Å². The third-order valence-electron chi connectivity index (χ3n) is 11.2. The lowest BCUT2D eigenvalue weighted by Crippen LogP contribution is -2.32. The number of hydrogen-bond acceptors (Lipinski definition) is 2. The first-order valence-corrected chi connectivity index (χ1v) is 18.9. The molecule has 0 N–H and O–H groups in total. The lowest BCUT2D eigenvalue weighted by Gasteiger charge is -2.35. The maximum Gasteiger partial charge on any atom is 0.143 e. The Bertz CT molecular complexity index is 2840. The first-order chi connectivity index (χ1) is 26.8. The largest absolute Gasteiger partial charge is 0.455 e. The molecular weight excluding hydrogens is 655 g/mol. The predicted octanol–water partition coefficient (Wildman–Crippen LogP) is 13.6. The van der Waals surface area contributed by atoms with Crippen LogP contribution in [0.25, 0.3) is 60.2 Å². The zero-order valence-electron chi connectivity index (χ0n) is 30.0. The number of nitrogens with zero attached hydrogens (tertiary/aromatic N) is 1. The van der Waals surface area contributed by atoms with Gasteiger partial charge in [-0.25, -0.2) is 0 Å². The maximum absolute atomic E-state index is 6.86. The number of rotatable bonds is 8. The lowest BCUT2D eigenvalue weighted by atomic mass is 9.79. The summed E-state index contributed by atoms with van der Waals surface area (Å²) in [6, 6.07) is 65.7. The van der Waals surface area contributed by atoms with Gasteiger partial charge in [-0.15, -0.1) is 0 Å². The van der Waals surface area contributed by atoms with Crippen LogP contribution >= 0.6 is 0 Å². The standard InChI is InChI=1S/C52H39NO/c1-3-15-36(16-4-1)40-29-30-42(49(33-40)38-17-5-2-6-18-38)35-53(50-28-13-22-37-19-7-11-24-44(37)50)34-41-21-9-10-23-43(41)46-26-14-27-47-48-32-31-39-20-8-12-25-45(39)51(48)54-52(46)47/h1-33,42,49H,34-35H2. The summed E-state index contributed by atoms with van der Waals surface area (Å²) in [5.41, 5.74) is 10.6. The van der Waals surface area contributed by atoms with Gasteiger partial charge in [-0.3, -0.25) is 0 Å². The minimum absolute atomic E-state index is 0.221. The van der Waals surface area contributed by atoms with Crippen molar-refractivity contribution in [2.75, 3.05) is 11.4 Å². The number of para-hydroxylation sites is 1. The lowest BCUT2D eigenvalue weighted by molar-refractivity contribution is 0.557. The molecule has 0 bridgehead atoms. The fourth-order valence-electron chi connectivity index (χ4n) is 8.59. The molecule has 54 heavy (non-hydrogen) atoms. The summed E-state index contributed by atoms with van der Waals surface area (Å²) >= 11 is 0.